The van der Waals surface area contributed by atoms with Crippen LogP contribution in [0.25, 0.3) is 0 Å². The van der Waals surface area contributed by atoms with Gasteiger partial charge < -0.3 is 9.29 Å². The second-order valence-electron chi connectivity index (χ2n) is 3.42. The normalized spacial score (nSPS) is 15.1. The molecule has 1 N–H and O–H groups in total. The van der Waals surface area contributed by atoms with E-state index in [1.807, 2.05) is 6.07 Å². The molecule has 0 heterocycles. The Morgan fingerprint density at radius 1 is 1.33 bits per heavy atom. The summed E-state index contributed by atoms with van der Waals surface area (Å²) in [6.45, 7) is 0.783. The van der Waals surface area contributed by atoms with Gasteiger partial charge in [-0.15, -0.1) is 0 Å². The number of hydrogen-bond acceptors (Lipinski definition) is 3. The van der Waals surface area contributed by atoms with E-state index in [1.165, 1.54) is 24.8 Å². The highest BCUT2D eigenvalue weighted by Gasteiger charge is 2.17. The highest BCUT2D eigenvalue weighted by atomic mass is 127. The summed E-state index contributed by atoms with van der Waals surface area (Å²) in [5.74, 6) is 0. The minimum atomic E-state index is 0.546. The van der Waals surface area contributed by atoms with Crippen molar-refractivity contribution in [1.82, 2.24) is 0 Å². The zero-order valence-electron chi connectivity index (χ0n) is 8.43. The van der Waals surface area contributed by atoms with E-state index >= 15 is 0 Å². The maximum Gasteiger partial charge on any atom is 0.0720 e. The van der Waals surface area contributed by atoms with Crippen molar-refractivity contribution in [2.75, 3.05) is 0 Å². The average molecular weight is 338 g/mol. The first-order valence-electron chi connectivity index (χ1n) is 4.94. The second-order valence-corrected chi connectivity index (χ2v) is 4.74. The topological polar surface area (TPSA) is 29.5 Å². The van der Waals surface area contributed by atoms with Gasteiger partial charge in [-0.05, 0) is 24.8 Å². The third-order valence-corrected chi connectivity index (χ3v) is 2.38. The molecule has 1 aliphatic rings. The molecule has 1 aromatic carbocycles. The molecule has 4 heteroatoms. The molecular formula is C11H15IO2S. The Kier molecular flexibility index (Phi) is 7.42. The number of ether oxygens (including phenoxy) is 1. The van der Waals surface area contributed by atoms with Crippen LogP contribution in [0.15, 0.2) is 30.3 Å². The molecule has 2 rings (SSSR count). The Labute approximate surface area is 107 Å². The highest BCUT2D eigenvalue weighted by molar-refractivity contribution is 14.2. The van der Waals surface area contributed by atoms with Crippen LogP contribution in [0.5, 0.6) is 0 Å². The Hall–Kier alpha value is 0.220. The lowest BCUT2D eigenvalue weighted by Gasteiger charge is -2.25. The van der Waals surface area contributed by atoms with Gasteiger partial charge in [-0.1, -0.05) is 30.3 Å². The third kappa shape index (κ3) is 5.75. The lowest BCUT2D eigenvalue weighted by Crippen LogP contribution is -2.21. The maximum absolute atomic E-state index is 7.47. The Morgan fingerprint density at radius 3 is 2.40 bits per heavy atom. The van der Waals surface area contributed by atoms with E-state index in [0.29, 0.717) is 6.10 Å². The molecule has 0 aromatic heterocycles. The monoisotopic (exact) mass is 338 g/mol. The summed E-state index contributed by atoms with van der Waals surface area (Å²) in [6, 6.07) is 10.4. The van der Waals surface area contributed by atoms with Crippen molar-refractivity contribution in [3.63, 3.8) is 0 Å². The van der Waals surface area contributed by atoms with Crippen molar-refractivity contribution in [1.29, 1.82) is 0 Å². The smallest absolute Gasteiger partial charge is 0.0720 e. The molecule has 0 radical (unpaired) electrons. The second kappa shape index (κ2) is 8.38. The van der Waals surface area contributed by atoms with Crippen LogP contribution in [0.4, 0.5) is 0 Å². The van der Waals surface area contributed by atoms with Crippen molar-refractivity contribution in [3.05, 3.63) is 35.9 Å². The first kappa shape index (κ1) is 13.3. The van der Waals surface area contributed by atoms with Crippen molar-refractivity contribution in [3.8, 4) is 0 Å². The number of benzene rings is 1. The quantitative estimate of drug-likeness (QED) is 0.658. The van der Waals surface area contributed by atoms with Crippen molar-refractivity contribution < 1.29 is 9.29 Å². The van der Waals surface area contributed by atoms with E-state index in [-0.39, 0.29) is 0 Å². The summed E-state index contributed by atoms with van der Waals surface area (Å²) in [5.41, 5.74) is 1.28. The average Bonchev–Trinajstić information content (AvgIpc) is 2.18. The van der Waals surface area contributed by atoms with Crippen LogP contribution >= 0.6 is 30.4 Å². The summed E-state index contributed by atoms with van der Waals surface area (Å²) >= 11 is 1.76. The van der Waals surface area contributed by atoms with Crippen LogP contribution in [0.1, 0.15) is 24.8 Å². The first-order chi connectivity index (χ1) is 7.36. The number of hydrogen-bond donors (Lipinski definition) is 1. The Morgan fingerprint density at radius 2 is 1.93 bits per heavy atom. The van der Waals surface area contributed by atoms with Crippen LogP contribution in [-0.2, 0) is 11.3 Å². The Balaban J connectivity index is 0.000000337. The zero-order valence-corrected chi connectivity index (χ0v) is 11.4. The molecule has 0 unspecified atom stereocenters. The number of rotatable bonds is 3. The van der Waals surface area contributed by atoms with Crippen LogP contribution in [0.3, 0.4) is 0 Å². The predicted octanol–water partition coefficient (Wildman–Crippen LogP) is 4.30. The summed E-state index contributed by atoms with van der Waals surface area (Å²) in [5, 5.41) is 0. The molecular weight excluding hydrogens is 323 g/mol. The zero-order chi connectivity index (χ0) is 10.9. The number of halogens is 1. The molecule has 2 nitrogen and oxygen atoms in total. The van der Waals surface area contributed by atoms with E-state index < -0.39 is 0 Å². The van der Waals surface area contributed by atoms with Gasteiger partial charge in [-0.2, -0.15) is 0 Å². The fraction of sp³-hybridized carbons (Fsp3) is 0.455. The van der Waals surface area contributed by atoms with Crippen LogP contribution in [0, 0.1) is 0 Å². The van der Waals surface area contributed by atoms with Crippen LogP contribution < -0.4 is 0 Å². The summed E-state index contributed by atoms with van der Waals surface area (Å²) in [4.78, 5) is 0. The molecule has 0 saturated heterocycles. The van der Waals surface area contributed by atoms with Gasteiger partial charge in [0.2, 0.25) is 0 Å². The van der Waals surface area contributed by atoms with Gasteiger partial charge in [0.25, 0.3) is 0 Å². The highest BCUT2D eigenvalue weighted by Crippen LogP contribution is 2.22. The molecule has 1 aliphatic carbocycles. The minimum absolute atomic E-state index is 0.546. The van der Waals surface area contributed by atoms with Gasteiger partial charge in [0.05, 0.1) is 21.9 Å². The maximum atomic E-state index is 7.47. The predicted molar refractivity (Wildman–Crippen MR) is 73.1 cm³/mol. The molecule has 0 spiro atoms. The molecule has 15 heavy (non-hydrogen) atoms. The lowest BCUT2D eigenvalue weighted by molar-refractivity contribution is -0.00866. The van der Waals surface area contributed by atoms with Crippen LogP contribution in [0.2, 0.25) is 0 Å². The fourth-order valence-corrected chi connectivity index (χ4v) is 1.33. The van der Waals surface area contributed by atoms with Crippen molar-refractivity contribution >= 4 is 30.4 Å². The molecule has 0 amide bonds. The fourth-order valence-electron chi connectivity index (χ4n) is 1.33. The van der Waals surface area contributed by atoms with E-state index in [1.54, 1.807) is 21.2 Å². The molecule has 1 aromatic rings. The lowest BCUT2D eigenvalue weighted by atomic mass is 9.96. The SMILES string of the molecule is OSI.c1ccc(COC2CCC2)cc1. The van der Waals surface area contributed by atoms with E-state index in [4.69, 9.17) is 9.29 Å². The molecule has 0 bridgehead atoms. The van der Waals surface area contributed by atoms with Crippen molar-refractivity contribution in [2.24, 2.45) is 0 Å². The standard InChI is InChI=1S/C11H14O.HIOS/c1-2-5-10(6-3-1)9-12-11-7-4-8-11;1-3-2/h1-3,5-6,11H,4,7-9H2;2H. The Bertz CT molecular complexity index is 252. The van der Waals surface area contributed by atoms with Crippen LogP contribution in [-0.4, -0.2) is 10.7 Å². The minimum Gasteiger partial charge on any atom is -0.374 e. The molecule has 0 aliphatic heterocycles. The van der Waals surface area contributed by atoms with E-state index in [9.17, 15) is 0 Å². The van der Waals surface area contributed by atoms with Gasteiger partial charge in [0.15, 0.2) is 0 Å². The van der Waals surface area contributed by atoms with Gasteiger partial charge in [0, 0.05) is 21.2 Å². The summed E-state index contributed by atoms with van der Waals surface area (Å²) in [7, 11) is 0.720. The largest absolute Gasteiger partial charge is 0.374 e. The third-order valence-electron chi connectivity index (χ3n) is 2.38. The van der Waals surface area contributed by atoms with Gasteiger partial charge in [0.1, 0.15) is 0 Å². The van der Waals surface area contributed by atoms with E-state index in [0.717, 1.165) is 15.8 Å². The van der Waals surface area contributed by atoms with Gasteiger partial charge >= 0.3 is 0 Å². The van der Waals surface area contributed by atoms with E-state index in [2.05, 4.69) is 24.3 Å². The van der Waals surface area contributed by atoms with Crippen molar-refractivity contribution in [2.45, 2.75) is 32.0 Å². The summed E-state index contributed by atoms with van der Waals surface area (Å²) < 4.78 is 13.1. The molecule has 84 valence electrons. The first-order valence-corrected chi connectivity index (χ1v) is 8.26. The van der Waals surface area contributed by atoms with Gasteiger partial charge in [-0.3, -0.25) is 0 Å². The molecule has 0 atom stereocenters. The molecule has 1 saturated carbocycles. The summed E-state index contributed by atoms with van der Waals surface area (Å²) in [6.07, 6.45) is 4.41. The molecule has 1 fully saturated rings. The van der Waals surface area contributed by atoms with Gasteiger partial charge in [-0.25, -0.2) is 0 Å².